The van der Waals surface area contributed by atoms with Crippen LogP contribution in [0.1, 0.15) is 11.7 Å². The molecule has 0 spiro atoms. The second kappa shape index (κ2) is 3.40. The molecule has 1 aromatic heterocycles. The lowest BCUT2D eigenvalue weighted by Gasteiger charge is -2.19. The van der Waals surface area contributed by atoms with Gasteiger partial charge in [-0.2, -0.15) is 0 Å². The van der Waals surface area contributed by atoms with Gasteiger partial charge in [0.25, 0.3) is 0 Å². The third-order valence-corrected chi connectivity index (χ3v) is 2.25. The molecule has 1 unspecified atom stereocenters. The first-order valence-electron chi connectivity index (χ1n) is 4.43. The molecule has 0 radical (unpaired) electrons. The normalized spacial score (nSPS) is 13.7. The Bertz CT molecular complexity index is 436. The second-order valence-electron chi connectivity index (χ2n) is 3.49. The monoisotopic (exact) mass is 191 g/mol. The van der Waals surface area contributed by atoms with Gasteiger partial charge in [-0.15, -0.1) is 0 Å². The van der Waals surface area contributed by atoms with Crippen molar-refractivity contribution in [2.45, 2.75) is 6.17 Å². The Kier molecular flexibility index (Phi) is 2.23. The van der Waals surface area contributed by atoms with E-state index in [-0.39, 0.29) is 6.17 Å². The van der Waals surface area contributed by atoms with Crippen molar-refractivity contribution < 1.29 is 4.42 Å². The molecule has 0 aliphatic rings. The van der Waals surface area contributed by atoms with E-state index in [2.05, 4.69) is 4.98 Å². The lowest BCUT2D eigenvalue weighted by Crippen LogP contribution is -2.27. The van der Waals surface area contributed by atoms with E-state index < -0.39 is 0 Å². The van der Waals surface area contributed by atoms with Crippen LogP contribution < -0.4 is 5.73 Å². The molecule has 1 heterocycles. The Labute approximate surface area is 82.3 Å². The van der Waals surface area contributed by atoms with Crippen LogP contribution >= 0.6 is 0 Å². The predicted octanol–water partition coefficient (Wildman–Crippen LogP) is 1.35. The molecule has 4 heteroatoms. The van der Waals surface area contributed by atoms with Crippen molar-refractivity contribution in [2.75, 3.05) is 14.1 Å². The Balaban J connectivity index is 2.43. The molecule has 0 bridgehead atoms. The van der Waals surface area contributed by atoms with Gasteiger partial charge in [0.1, 0.15) is 5.52 Å². The number of fused-ring (bicyclic) bond motifs is 1. The molecule has 0 fully saturated rings. The van der Waals surface area contributed by atoms with Crippen LogP contribution in [0.5, 0.6) is 0 Å². The van der Waals surface area contributed by atoms with E-state index in [9.17, 15) is 0 Å². The van der Waals surface area contributed by atoms with Crippen molar-refractivity contribution in [3.05, 3.63) is 30.2 Å². The number of hydrogen-bond acceptors (Lipinski definition) is 4. The summed E-state index contributed by atoms with van der Waals surface area (Å²) in [6, 6.07) is 5.81. The maximum Gasteiger partial charge on any atom is 0.181 e. The maximum atomic E-state index is 5.96. The van der Waals surface area contributed by atoms with E-state index in [0.29, 0.717) is 0 Å². The zero-order valence-electron chi connectivity index (χ0n) is 8.27. The first-order chi connectivity index (χ1) is 6.68. The average molecular weight is 191 g/mol. The van der Waals surface area contributed by atoms with E-state index in [4.69, 9.17) is 10.2 Å². The van der Waals surface area contributed by atoms with Crippen molar-refractivity contribution in [1.82, 2.24) is 9.88 Å². The van der Waals surface area contributed by atoms with Crippen LogP contribution in [-0.2, 0) is 0 Å². The molecule has 2 N–H and O–H groups in total. The summed E-state index contributed by atoms with van der Waals surface area (Å²) in [6.07, 6.45) is 1.33. The highest BCUT2D eigenvalue weighted by Crippen LogP contribution is 2.19. The van der Waals surface area contributed by atoms with Crippen molar-refractivity contribution in [2.24, 2.45) is 5.73 Å². The molecule has 2 rings (SSSR count). The summed E-state index contributed by atoms with van der Waals surface area (Å²) < 4.78 is 5.20. The van der Waals surface area contributed by atoms with Gasteiger partial charge >= 0.3 is 0 Å². The van der Waals surface area contributed by atoms with Gasteiger partial charge in [-0.1, -0.05) is 6.07 Å². The topological polar surface area (TPSA) is 55.3 Å². The lowest BCUT2D eigenvalue weighted by atomic mass is 10.1. The number of aromatic nitrogens is 1. The molecule has 4 nitrogen and oxygen atoms in total. The zero-order valence-corrected chi connectivity index (χ0v) is 8.27. The number of benzene rings is 1. The van der Waals surface area contributed by atoms with E-state index in [1.807, 2.05) is 37.2 Å². The minimum absolute atomic E-state index is 0.107. The molecule has 14 heavy (non-hydrogen) atoms. The summed E-state index contributed by atoms with van der Waals surface area (Å²) in [6.45, 7) is 0. The van der Waals surface area contributed by atoms with Gasteiger partial charge in [0.05, 0.1) is 6.17 Å². The number of nitrogens with zero attached hydrogens (tertiary/aromatic N) is 2. The molecule has 74 valence electrons. The van der Waals surface area contributed by atoms with Gasteiger partial charge in [-0.05, 0) is 31.8 Å². The first-order valence-corrected chi connectivity index (χ1v) is 4.43. The van der Waals surface area contributed by atoms with E-state index in [1.165, 1.54) is 6.39 Å². The fraction of sp³-hybridized carbons (Fsp3) is 0.300. The SMILES string of the molecule is CN(C)C(N)c1ccc2ncoc2c1. The molecule has 1 atom stereocenters. The van der Waals surface area contributed by atoms with Gasteiger partial charge in [0.15, 0.2) is 12.0 Å². The Morgan fingerprint density at radius 1 is 1.43 bits per heavy atom. The molecule has 0 aliphatic carbocycles. The highest BCUT2D eigenvalue weighted by molar-refractivity contribution is 5.72. The average Bonchev–Trinajstić information content (AvgIpc) is 2.62. The third-order valence-electron chi connectivity index (χ3n) is 2.25. The van der Waals surface area contributed by atoms with Crippen LogP contribution in [0.25, 0.3) is 11.1 Å². The van der Waals surface area contributed by atoms with Crippen LogP contribution in [0.3, 0.4) is 0 Å². The van der Waals surface area contributed by atoms with Gasteiger partial charge in [0.2, 0.25) is 0 Å². The molecule has 1 aromatic carbocycles. The van der Waals surface area contributed by atoms with Gasteiger partial charge in [-0.25, -0.2) is 4.98 Å². The van der Waals surface area contributed by atoms with Gasteiger partial charge < -0.3 is 10.2 Å². The third kappa shape index (κ3) is 1.49. The maximum absolute atomic E-state index is 5.96. The Morgan fingerprint density at radius 2 is 2.21 bits per heavy atom. The molecule has 0 saturated heterocycles. The largest absolute Gasteiger partial charge is 0.443 e. The highest BCUT2D eigenvalue weighted by Gasteiger charge is 2.09. The molecular weight excluding hydrogens is 178 g/mol. The lowest BCUT2D eigenvalue weighted by molar-refractivity contribution is 0.307. The molecule has 2 aromatic rings. The van der Waals surface area contributed by atoms with E-state index >= 15 is 0 Å². The summed E-state index contributed by atoms with van der Waals surface area (Å²) in [7, 11) is 3.88. The van der Waals surface area contributed by atoms with Crippen LogP contribution in [0.4, 0.5) is 0 Å². The van der Waals surface area contributed by atoms with Gasteiger partial charge in [0, 0.05) is 0 Å². The van der Waals surface area contributed by atoms with Crippen molar-refractivity contribution in [3.63, 3.8) is 0 Å². The molecule has 0 amide bonds. The smallest absolute Gasteiger partial charge is 0.181 e. The standard InChI is InChI=1S/C10H13N3O/c1-13(2)10(11)7-3-4-8-9(5-7)14-6-12-8/h3-6,10H,11H2,1-2H3. The number of nitrogens with two attached hydrogens (primary N) is 1. The van der Waals surface area contributed by atoms with Crippen LogP contribution in [0.2, 0.25) is 0 Å². The zero-order chi connectivity index (χ0) is 10.1. The highest BCUT2D eigenvalue weighted by atomic mass is 16.3. The summed E-state index contributed by atoms with van der Waals surface area (Å²) in [5, 5.41) is 0. The van der Waals surface area contributed by atoms with Crippen LogP contribution in [0, 0.1) is 0 Å². The number of oxazole rings is 1. The van der Waals surface area contributed by atoms with E-state index in [1.54, 1.807) is 0 Å². The Hall–Kier alpha value is -1.39. The fourth-order valence-corrected chi connectivity index (χ4v) is 1.35. The summed E-state index contributed by atoms with van der Waals surface area (Å²) in [4.78, 5) is 5.98. The van der Waals surface area contributed by atoms with E-state index in [0.717, 1.165) is 16.7 Å². The first kappa shape index (κ1) is 9.18. The predicted molar refractivity (Wildman–Crippen MR) is 54.6 cm³/mol. The Morgan fingerprint density at radius 3 is 2.93 bits per heavy atom. The van der Waals surface area contributed by atoms with Crippen LogP contribution in [-0.4, -0.2) is 24.0 Å². The molecule has 0 aliphatic heterocycles. The van der Waals surface area contributed by atoms with Crippen molar-refractivity contribution in [1.29, 1.82) is 0 Å². The van der Waals surface area contributed by atoms with Crippen molar-refractivity contribution in [3.8, 4) is 0 Å². The van der Waals surface area contributed by atoms with Gasteiger partial charge in [-0.3, -0.25) is 4.90 Å². The van der Waals surface area contributed by atoms with Crippen LogP contribution in [0.15, 0.2) is 29.0 Å². The molecule has 0 saturated carbocycles. The minimum Gasteiger partial charge on any atom is -0.443 e. The number of rotatable bonds is 2. The summed E-state index contributed by atoms with van der Waals surface area (Å²) in [5.74, 6) is 0. The number of hydrogen-bond donors (Lipinski definition) is 1. The second-order valence-corrected chi connectivity index (χ2v) is 3.49. The summed E-state index contributed by atoms with van der Waals surface area (Å²) in [5.41, 5.74) is 8.63. The summed E-state index contributed by atoms with van der Waals surface area (Å²) >= 11 is 0. The molecular formula is C10H13N3O. The fourth-order valence-electron chi connectivity index (χ4n) is 1.35. The van der Waals surface area contributed by atoms with Crippen molar-refractivity contribution >= 4 is 11.1 Å². The quantitative estimate of drug-likeness (QED) is 0.728. The minimum atomic E-state index is -0.107.